The van der Waals surface area contributed by atoms with Crippen molar-refractivity contribution in [1.29, 1.82) is 0 Å². The van der Waals surface area contributed by atoms with E-state index in [0.717, 1.165) is 17.7 Å². The molecule has 3 rings (SSSR count). The van der Waals surface area contributed by atoms with Gasteiger partial charge in [0.25, 0.3) is 0 Å². The normalized spacial score (nSPS) is 16.8. The first-order valence-corrected chi connectivity index (χ1v) is 8.59. The number of hydrogen-bond acceptors (Lipinski definition) is 2. The largest absolute Gasteiger partial charge is 0.342 e. The van der Waals surface area contributed by atoms with E-state index in [4.69, 9.17) is 11.6 Å². The molecule has 26 heavy (non-hydrogen) atoms. The molecule has 1 heterocycles. The highest BCUT2D eigenvalue weighted by molar-refractivity contribution is 6.30. The third-order valence-corrected chi connectivity index (χ3v) is 4.59. The highest BCUT2D eigenvalue weighted by atomic mass is 35.5. The summed E-state index contributed by atoms with van der Waals surface area (Å²) in [4.78, 5) is 26.0. The second-order valence-corrected chi connectivity index (χ2v) is 6.64. The summed E-state index contributed by atoms with van der Waals surface area (Å²) in [5.41, 5.74) is 0.508. The molecule has 1 aliphatic rings. The van der Waals surface area contributed by atoms with Crippen LogP contribution < -0.4 is 5.32 Å². The number of carbonyl (C=O) groups is 2. The molecule has 0 spiro atoms. The van der Waals surface area contributed by atoms with E-state index in [9.17, 15) is 18.4 Å². The molecule has 1 atom stereocenters. The Morgan fingerprint density at radius 1 is 1.19 bits per heavy atom. The average Bonchev–Trinajstić information content (AvgIpc) is 2.97. The molecule has 0 aromatic heterocycles. The van der Waals surface area contributed by atoms with Gasteiger partial charge in [-0.3, -0.25) is 9.59 Å². The minimum Gasteiger partial charge on any atom is -0.342 e. The Kier molecular flexibility index (Phi) is 5.52. The van der Waals surface area contributed by atoms with E-state index in [-0.39, 0.29) is 18.9 Å². The summed E-state index contributed by atoms with van der Waals surface area (Å²) in [6.45, 7) is 0.679. The number of nitrogens with one attached hydrogen (secondary N) is 1. The van der Waals surface area contributed by atoms with Crippen molar-refractivity contribution in [2.24, 2.45) is 5.92 Å². The number of rotatable bonds is 5. The Hall–Kier alpha value is -2.47. The van der Waals surface area contributed by atoms with Gasteiger partial charge in [0.15, 0.2) is 0 Å². The van der Waals surface area contributed by atoms with Crippen molar-refractivity contribution in [1.82, 2.24) is 4.90 Å². The molecule has 4 nitrogen and oxygen atoms in total. The molecular formula is C19H17ClF2N2O2. The van der Waals surface area contributed by atoms with Crippen LogP contribution in [0.25, 0.3) is 0 Å². The van der Waals surface area contributed by atoms with Gasteiger partial charge in [-0.1, -0.05) is 29.8 Å². The van der Waals surface area contributed by atoms with Gasteiger partial charge in [0.2, 0.25) is 11.8 Å². The van der Waals surface area contributed by atoms with Crippen molar-refractivity contribution in [3.8, 4) is 0 Å². The molecule has 7 heteroatoms. The maximum Gasteiger partial charge on any atom is 0.229 e. The maximum atomic E-state index is 13.6. The Morgan fingerprint density at radius 2 is 1.88 bits per heavy atom. The van der Waals surface area contributed by atoms with Gasteiger partial charge < -0.3 is 10.2 Å². The molecule has 1 fully saturated rings. The molecule has 2 aromatic carbocycles. The average molecular weight is 379 g/mol. The van der Waals surface area contributed by atoms with E-state index in [0.29, 0.717) is 18.0 Å². The lowest BCUT2D eigenvalue weighted by atomic mass is 10.1. The molecule has 0 bridgehead atoms. The van der Waals surface area contributed by atoms with E-state index >= 15 is 0 Å². The van der Waals surface area contributed by atoms with Gasteiger partial charge in [-0.05, 0) is 36.2 Å². The van der Waals surface area contributed by atoms with Crippen molar-refractivity contribution in [3.63, 3.8) is 0 Å². The predicted octanol–water partition coefficient (Wildman–Crippen LogP) is 3.65. The van der Waals surface area contributed by atoms with Crippen LogP contribution in [0, 0.1) is 17.6 Å². The topological polar surface area (TPSA) is 49.4 Å². The standard InChI is InChI=1S/C19H17ClF2N2O2/c20-14-4-1-3-12(9-14)7-8-24-11-13(10-17(24)25)19(26)23-18-15(21)5-2-6-16(18)22/h1-6,9,13H,7-8,10-11H2,(H,23,26). The Morgan fingerprint density at radius 3 is 2.58 bits per heavy atom. The fourth-order valence-corrected chi connectivity index (χ4v) is 3.18. The zero-order valence-corrected chi connectivity index (χ0v) is 14.6. The molecule has 2 amide bonds. The first kappa shape index (κ1) is 18.3. The van der Waals surface area contributed by atoms with E-state index in [1.807, 2.05) is 18.2 Å². The van der Waals surface area contributed by atoms with Crippen molar-refractivity contribution in [3.05, 3.63) is 64.7 Å². The molecule has 0 radical (unpaired) electrons. The number of amides is 2. The summed E-state index contributed by atoms with van der Waals surface area (Å²) >= 11 is 5.94. The first-order chi connectivity index (χ1) is 12.4. The van der Waals surface area contributed by atoms with Crippen molar-refractivity contribution < 1.29 is 18.4 Å². The number of likely N-dealkylation sites (tertiary alicyclic amines) is 1. The number of nitrogens with zero attached hydrogens (tertiary/aromatic N) is 1. The zero-order chi connectivity index (χ0) is 18.7. The summed E-state index contributed by atoms with van der Waals surface area (Å²) < 4.78 is 27.3. The number of halogens is 3. The Bertz CT molecular complexity index is 824. The molecule has 0 saturated carbocycles. The van der Waals surface area contributed by atoms with Crippen molar-refractivity contribution >= 4 is 29.1 Å². The Balaban J connectivity index is 1.59. The van der Waals surface area contributed by atoms with Crippen LogP contribution in [0.3, 0.4) is 0 Å². The third-order valence-electron chi connectivity index (χ3n) is 4.36. The number of carbonyl (C=O) groups excluding carboxylic acids is 2. The van der Waals surface area contributed by atoms with Crippen LogP contribution in [-0.4, -0.2) is 29.8 Å². The predicted molar refractivity (Wildman–Crippen MR) is 94.8 cm³/mol. The Labute approximate surface area is 154 Å². The monoisotopic (exact) mass is 378 g/mol. The van der Waals surface area contributed by atoms with Crippen molar-refractivity contribution in [2.75, 3.05) is 18.4 Å². The van der Waals surface area contributed by atoms with Crippen LogP contribution in [0.4, 0.5) is 14.5 Å². The number of benzene rings is 2. The van der Waals surface area contributed by atoms with Crippen LogP contribution in [0.15, 0.2) is 42.5 Å². The number of hydrogen-bond donors (Lipinski definition) is 1. The van der Waals surface area contributed by atoms with Gasteiger partial charge in [0.05, 0.1) is 5.92 Å². The second-order valence-electron chi connectivity index (χ2n) is 6.21. The molecule has 136 valence electrons. The molecule has 1 N–H and O–H groups in total. The van der Waals surface area contributed by atoms with Crippen LogP contribution in [-0.2, 0) is 16.0 Å². The highest BCUT2D eigenvalue weighted by Crippen LogP contribution is 2.23. The summed E-state index contributed by atoms with van der Waals surface area (Å²) in [7, 11) is 0. The smallest absolute Gasteiger partial charge is 0.229 e. The van der Waals surface area contributed by atoms with Crippen LogP contribution in [0.5, 0.6) is 0 Å². The summed E-state index contributed by atoms with van der Waals surface area (Å²) in [6, 6.07) is 10.7. The minimum atomic E-state index is -0.847. The fraction of sp³-hybridized carbons (Fsp3) is 0.263. The van der Waals surface area contributed by atoms with E-state index < -0.39 is 29.1 Å². The quantitative estimate of drug-likeness (QED) is 0.863. The lowest BCUT2D eigenvalue weighted by Gasteiger charge is -2.17. The van der Waals surface area contributed by atoms with E-state index in [1.54, 1.807) is 11.0 Å². The first-order valence-electron chi connectivity index (χ1n) is 8.21. The third kappa shape index (κ3) is 4.19. The second kappa shape index (κ2) is 7.83. The lowest BCUT2D eigenvalue weighted by molar-refractivity contribution is -0.128. The van der Waals surface area contributed by atoms with Crippen LogP contribution >= 0.6 is 11.6 Å². The maximum absolute atomic E-state index is 13.6. The van der Waals surface area contributed by atoms with Crippen LogP contribution in [0.1, 0.15) is 12.0 Å². The highest BCUT2D eigenvalue weighted by Gasteiger charge is 2.34. The zero-order valence-electron chi connectivity index (χ0n) is 13.8. The van der Waals surface area contributed by atoms with Crippen molar-refractivity contribution in [2.45, 2.75) is 12.8 Å². The van der Waals surface area contributed by atoms with E-state index in [2.05, 4.69) is 5.32 Å². The molecule has 1 unspecified atom stereocenters. The SMILES string of the molecule is O=C(Nc1c(F)cccc1F)C1CC(=O)N(CCc2cccc(Cl)c2)C1. The van der Waals surface area contributed by atoms with Gasteiger partial charge in [-0.25, -0.2) is 8.78 Å². The number of para-hydroxylation sites is 1. The van der Waals surface area contributed by atoms with Gasteiger partial charge >= 0.3 is 0 Å². The van der Waals surface area contributed by atoms with E-state index in [1.165, 1.54) is 6.07 Å². The lowest BCUT2D eigenvalue weighted by Crippen LogP contribution is -2.30. The minimum absolute atomic E-state index is 0.0252. The molecule has 2 aromatic rings. The molecule has 0 aliphatic carbocycles. The van der Waals surface area contributed by atoms with Gasteiger partial charge in [0.1, 0.15) is 17.3 Å². The fourth-order valence-electron chi connectivity index (χ4n) is 2.96. The number of anilines is 1. The van der Waals surface area contributed by atoms with Gasteiger partial charge in [0, 0.05) is 24.5 Å². The summed E-state index contributed by atoms with van der Waals surface area (Å²) in [6.07, 6.45) is 0.639. The van der Waals surface area contributed by atoms with Gasteiger partial charge in [-0.15, -0.1) is 0 Å². The van der Waals surface area contributed by atoms with Gasteiger partial charge in [-0.2, -0.15) is 0 Å². The molecule has 1 saturated heterocycles. The van der Waals surface area contributed by atoms with Crippen LogP contribution in [0.2, 0.25) is 5.02 Å². The molecule has 1 aliphatic heterocycles. The molecular weight excluding hydrogens is 362 g/mol. The summed E-state index contributed by atoms with van der Waals surface area (Å²) in [5.74, 6) is -3.05. The summed E-state index contributed by atoms with van der Waals surface area (Å²) in [5, 5.41) is 2.88.